The predicted molar refractivity (Wildman–Crippen MR) is 129 cm³/mol. The van der Waals surface area contributed by atoms with E-state index in [9.17, 15) is 9.59 Å². The quantitative estimate of drug-likeness (QED) is 0.784. The molecule has 7 nitrogen and oxygen atoms in total. The molecule has 0 radical (unpaired) electrons. The molecule has 3 heterocycles. The third-order valence-corrected chi connectivity index (χ3v) is 7.36. The minimum atomic E-state index is -0.392. The maximum atomic E-state index is 13.8. The zero-order valence-corrected chi connectivity index (χ0v) is 20.1. The lowest BCUT2D eigenvalue weighted by Crippen LogP contribution is -2.66. The van der Waals surface area contributed by atoms with Gasteiger partial charge in [-0.3, -0.25) is 19.9 Å². The van der Waals surface area contributed by atoms with Crippen LogP contribution < -0.4 is 10.2 Å². The van der Waals surface area contributed by atoms with Gasteiger partial charge in [0.05, 0.1) is 6.54 Å². The molecule has 7 heteroatoms. The van der Waals surface area contributed by atoms with Gasteiger partial charge >= 0.3 is 6.03 Å². The van der Waals surface area contributed by atoms with Gasteiger partial charge in [-0.25, -0.2) is 4.79 Å². The standard InChI is InChI=1S/C26H33N5O2/c1-16-8-10-21(19(4)13-16)29-11-6-12-30-22-23(27-25(29)30)28(5)26(33)31(24(22)32)15-20-14-17(2)7-9-18(20)3/h7-10,13-14,22-23,25,27H,6,11-12,15H2,1-5H3. The Hall–Kier alpha value is -2.90. The van der Waals surface area contributed by atoms with Gasteiger partial charge in [0.25, 0.3) is 5.91 Å². The van der Waals surface area contributed by atoms with Crippen LogP contribution in [0.2, 0.25) is 0 Å². The van der Waals surface area contributed by atoms with Crippen molar-refractivity contribution in [2.45, 2.75) is 59.2 Å². The number of anilines is 1. The molecule has 0 spiro atoms. The fraction of sp³-hybridized carbons (Fsp3) is 0.462. The van der Waals surface area contributed by atoms with Gasteiger partial charge in [-0.15, -0.1) is 0 Å². The van der Waals surface area contributed by atoms with E-state index in [1.807, 2.05) is 13.8 Å². The number of carbonyl (C=O) groups is 2. The molecule has 3 aliphatic rings. The zero-order chi connectivity index (χ0) is 23.4. The molecule has 174 valence electrons. The Morgan fingerprint density at radius 3 is 2.42 bits per heavy atom. The lowest BCUT2D eigenvalue weighted by Gasteiger charge is -2.44. The predicted octanol–water partition coefficient (Wildman–Crippen LogP) is 3.11. The second kappa shape index (κ2) is 8.15. The molecule has 2 aromatic carbocycles. The zero-order valence-electron chi connectivity index (χ0n) is 20.1. The average Bonchev–Trinajstić information content (AvgIpc) is 3.18. The molecular weight excluding hydrogens is 414 g/mol. The van der Waals surface area contributed by atoms with Crippen molar-refractivity contribution in [3.63, 3.8) is 0 Å². The molecule has 3 fully saturated rings. The highest BCUT2D eigenvalue weighted by Crippen LogP contribution is 2.35. The van der Waals surface area contributed by atoms with Gasteiger partial charge < -0.3 is 9.80 Å². The number of fused-ring (bicyclic) bond motifs is 3. The minimum Gasteiger partial charge on any atom is -0.343 e. The van der Waals surface area contributed by atoms with Gasteiger partial charge in [-0.2, -0.15) is 0 Å². The number of nitrogens with zero attached hydrogens (tertiary/aromatic N) is 4. The van der Waals surface area contributed by atoms with E-state index >= 15 is 0 Å². The first-order chi connectivity index (χ1) is 15.8. The van der Waals surface area contributed by atoms with Crippen LogP contribution in [0.15, 0.2) is 36.4 Å². The van der Waals surface area contributed by atoms with Crippen molar-refractivity contribution in [2.24, 2.45) is 0 Å². The molecule has 3 atom stereocenters. The van der Waals surface area contributed by atoms with Crippen LogP contribution in [0.1, 0.15) is 34.2 Å². The number of likely N-dealkylation sites (N-methyl/N-ethyl adjacent to an activating group) is 1. The van der Waals surface area contributed by atoms with Crippen LogP contribution in [-0.2, 0) is 11.3 Å². The van der Waals surface area contributed by atoms with Crippen molar-refractivity contribution < 1.29 is 9.59 Å². The second-order valence-electron chi connectivity index (χ2n) is 9.75. The van der Waals surface area contributed by atoms with Crippen LogP contribution in [0.3, 0.4) is 0 Å². The molecule has 0 saturated carbocycles. The third-order valence-electron chi connectivity index (χ3n) is 7.36. The highest BCUT2D eigenvalue weighted by Gasteiger charge is 2.56. The summed E-state index contributed by atoms with van der Waals surface area (Å²) in [4.78, 5) is 34.8. The number of imide groups is 1. The Kier molecular flexibility index (Phi) is 5.41. The number of carbonyl (C=O) groups excluding carboxylic acids is 2. The van der Waals surface area contributed by atoms with Crippen molar-refractivity contribution in [3.05, 3.63) is 64.2 Å². The molecule has 5 rings (SSSR count). The summed E-state index contributed by atoms with van der Waals surface area (Å²) in [5.41, 5.74) is 6.87. The first kappa shape index (κ1) is 21.9. The van der Waals surface area contributed by atoms with E-state index in [1.165, 1.54) is 21.7 Å². The molecule has 0 aliphatic carbocycles. The van der Waals surface area contributed by atoms with E-state index in [-0.39, 0.29) is 24.4 Å². The first-order valence-corrected chi connectivity index (χ1v) is 11.8. The van der Waals surface area contributed by atoms with Crippen LogP contribution in [0, 0.1) is 27.7 Å². The van der Waals surface area contributed by atoms with Gasteiger partial charge in [0.1, 0.15) is 18.5 Å². The van der Waals surface area contributed by atoms with Crippen LogP contribution in [-0.4, -0.2) is 65.3 Å². The summed E-state index contributed by atoms with van der Waals surface area (Å²) in [6, 6.07) is 12.0. The highest BCUT2D eigenvalue weighted by molar-refractivity contribution is 6.00. The number of urea groups is 1. The number of amides is 3. The number of aryl methyl sites for hydroxylation is 4. The largest absolute Gasteiger partial charge is 0.343 e. The number of hydrogen-bond donors (Lipinski definition) is 1. The molecule has 3 amide bonds. The molecule has 0 bridgehead atoms. The Labute approximate surface area is 195 Å². The monoisotopic (exact) mass is 447 g/mol. The molecule has 0 aromatic heterocycles. The Morgan fingerprint density at radius 1 is 0.939 bits per heavy atom. The second-order valence-corrected chi connectivity index (χ2v) is 9.75. The number of rotatable bonds is 3. The SMILES string of the molecule is Cc1ccc(N2CCCN3C4C(=O)N(Cc5cc(C)ccc5C)C(=O)N(C)C4NC23)c(C)c1. The van der Waals surface area contributed by atoms with E-state index in [0.717, 1.165) is 36.2 Å². The summed E-state index contributed by atoms with van der Waals surface area (Å²) < 4.78 is 0. The van der Waals surface area contributed by atoms with Crippen molar-refractivity contribution in [3.8, 4) is 0 Å². The Balaban J connectivity index is 1.46. The average molecular weight is 448 g/mol. The highest BCUT2D eigenvalue weighted by atomic mass is 16.2. The lowest BCUT2D eigenvalue weighted by atomic mass is 10.0. The minimum absolute atomic E-state index is 0.110. The molecule has 1 N–H and O–H groups in total. The number of hydrogen-bond acceptors (Lipinski definition) is 5. The topological polar surface area (TPSA) is 59.1 Å². The normalized spacial score (nSPS) is 25.5. The van der Waals surface area contributed by atoms with Crippen LogP contribution in [0.4, 0.5) is 10.5 Å². The summed E-state index contributed by atoms with van der Waals surface area (Å²) >= 11 is 0. The van der Waals surface area contributed by atoms with E-state index in [2.05, 4.69) is 65.4 Å². The summed E-state index contributed by atoms with van der Waals surface area (Å²) in [5, 5.41) is 3.61. The van der Waals surface area contributed by atoms with Crippen LogP contribution >= 0.6 is 0 Å². The number of benzene rings is 2. The van der Waals surface area contributed by atoms with Crippen LogP contribution in [0.5, 0.6) is 0 Å². The summed E-state index contributed by atoms with van der Waals surface area (Å²) in [6.45, 7) is 10.3. The van der Waals surface area contributed by atoms with Crippen molar-refractivity contribution in [1.82, 2.24) is 20.0 Å². The summed E-state index contributed by atoms with van der Waals surface area (Å²) in [5.74, 6) is -0.110. The first-order valence-electron chi connectivity index (χ1n) is 11.8. The van der Waals surface area contributed by atoms with Gasteiger partial charge in [0.15, 0.2) is 0 Å². The fourth-order valence-electron chi connectivity index (χ4n) is 5.58. The molecule has 33 heavy (non-hydrogen) atoms. The lowest BCUT2D eigenvalue weighted by molar-refractivity contribution is -0.139. The van der Waals surface area contributed by atoms with Gasteiger partial charge in [0, 0.05) is 25.8 Å². The maximum Gasteiger partial charge on any atom is 0.328 e. The van der Waals surface area contributed by atoms with Crippen LogP contribution in [0.25, 0.3) is 0 Å². The van der Waals surface area contributed by atoms with Gasteiger partial charge in [0.2, 0.25) is 0 Å². The Morgan fingerprint density at radius 2 is 1.67 bits per heavy atom. The van der Waals surface area contributed by atoms with E-state index < -0.39 is 6.04 Å². The molecular formula is C26H33N5O2. The fourth-order valence-corrected chi connectivity index (χ4v) is 5.58. The van der Waals surface area contributed by atoms with E-state index in [0.29, 0.717) is 6.54 Å². The maximum absolute atomic E-state index is 13.8. The van der Waals surface area contributed by atoms with Gasteiger partial charge in [-0.05, 0) is 56.9 Å². The third kappa shape index (κ3) is 3.60. The molecule has 2 aromatic rings. The smallest absolute Gasteiger partial charge is 0.328 e. The van der Waals surface area contributed by atoms with Crippen molar-refractivity contribution in [1.29, 1.82) is 0 Å². The van der Waals surface area contributed by atoms with E-state index in [1.54, 1.807) is 11.9 Å². The number of nitrogens with one attached hydrogen (secondary N) is 1. The summed E-state index contributed by atoms with van der Waals surface area (Å²) in [7, 11) is 1.80. The van der Waals surface area contributed by atoms with E-state index in [4.69, 9.17) is 0 Å². The van der Waals surface area contributed by atoms with Crippen molar-refractivity contribution in [2.75, 3.05) is 25.0 Å². The Bertz CT molecular complexity index is 1120. The molecule has 3 saturated heterocycles. The van der Waals surface area contributed by atoms with Gasteiger partial charge in [-0.1, -0.05) is 41.5 Å². The summed E-state index contributed by atoms with van der Waals surface area (Å²) in [6.07, 6.45) is 0.516. The molecule has 3 aliphatic heterocycles. The van der Waals surface area contributed by atoms with Crippen molar-refractivity contribution >= 4 is 17.6 Å². The molecule has 3 unspecified atom stereocenters.